The van der Waals surface area contributed by atoms with Gasteiger partial charge < -0.3 is 10.8 Å². The van der Waals surface area contributed by atoms with Crippen LogP contribution in [0.15, 0.2) is 61.1 Å². The van der Waals surface area contributed by atoms with Crippen LogP contribution >= 0.6 is 0 Å². The first-order chi connectivity index (χ1) is 16.9. The SMILES string of the molecule is C[n+]1[nH]cc(-c2ccc(-c3ccc(C4(C(=O)O)CC4)c(N)c3)cc2)c1Nc1cncc(C2CC2)n1. The molecule has 0 saturated heterocycles. The largest absolute Gasteiger partial charge is 0.481 e. The molecule has 176 valence electrons. The van der Waals surface area contributed by atoms with Gasteiger partial charge in [-0.15, -0.1) is 0 Å². The van der Waals surface area contributed by atoms with Crippen molar-refractivity contribution in [2.45, 2.75) is 37.0 Å². The van der Waals surface area contributed by atoms with E-state index in [0.717, 1.165) is 45.1 Å². The highest BCUT2D eigenvalue weighted by molar-refractivity contribution is 5.88. The second-order valence-corrected chi connectivity index (χ2v) is 9.59. The van der Waals surface area contributed by atoms with Gasteiger partial charge in [0, 0.05) is 17.8 Å². The van der Waals surface area contributed by atoms with Crippen molar-refractivity contribution in [3.8, 4) is 22.3 Å². The van der Waals surface area contributed by atoms with Crippen LogP contribution in [0.4, 0.5) is 17.3 Å². The van der Waals surface area contributed by atoms with Crippen molar-refractivity contribution >= 4 is 23.3 Å². The quantitative estimate of drug-likeness (QED) is 0.238. The summed E-state index contributed by atoms with van der Waals surface area (Å²) < 4.78 is 1.92. The van der Waals surface area contributed by atoms with Crippen molar-refractivity contribution in [3.63, 3.8) is 0 Å². The summed E-state index contributed by atoms with van der Waals surface area (Å²) in [5.74, 6) is 1.37. The molecule has 2 aromatic carbocycles. The number of rotatable bonds is 7. The zero-order chi connectivity index (χ0) is 24.2. The molecule has 2 fully saturated rings. The fourth-order valence-electron chi connectivity index (χ4n) is 4.73. The van der Waals surface area contributed by atoms with Crippen LogP contribution in [0.1, 0.15) is 42.9 Å². The van der Waals surface area contributed by atoms with Crippen molar-refractivity contribution in [1.29, 1.82) is 0 Å². The zero-order valence-corrected chi connectivity index (χ0v) is 19.5. The minimum absolute atomic E-state index is 0.533. The molecule has 5 N–H and O–H groups in total. The Morgan fingerprint density at radius 2 is 1.83 bits per heavy atom. The van der Waals surface area contributed by atoms with Crippen LogP contribution in [0.25, 0.3) is 22.3 Å². The predicted octanol–water partition coefficient (Wildman–Crippen LogP) is 4.28. The van der Waals surface area contributed by atoms with Gasteiger partial charge in [0.05, 0.1) is 29.1 Å². The molecule has 2 saturated carbocycles. The third kappa shape index (κ3) is 3.80. The van der Waals surface area contributed by atoms with Gasteiger partial charge in [-0.1, -0.05) is 36.4 Å². The Hall–Kier alpha value is -4.20. The fraction of sp³-hybridized carbons (Fsp3) is 0.259. The highest BCUT2D eigenvalue weighted by atomic mass is 16.4. The first-order valence-electron chi connectivity index (χ1n) is 11.9. The molecule has 0 atom stereocenters. The van der Waals surface area contributed by atoms with Crippen LogP contribution in [0.2, 0.25) is 0 Å². The Balaban J connectivity index is 1.26. The topological polar surface area (TPSA) is 121 Å². The smallest absolute Gasteiger partial charge is 0.314 e. The average Bonchev–Trinajstić information content (AvgIpc) is 3.78. The minimum atomic E-state index is -0.803. The van der Waals surface area contributed by atoms with Gasteiger partial charge in [0.25, 0.3) is 0 Å². The number of aryl methyl sites for hydroxylation is 1. The second kappa shape index (κ2) is 7.94. The number of carboxylic acids is 1. The number of H-pyrrole nitrogens is 1. The number of nitrogen functional groups attached to an aromatic ring is 1. The van der Waals surface area contributed by atoms with Crippen molar-refractivity contribution in [2.24, 2.45) is 7.05 Å². The molecular formula is C27H27N6O2+. The number of anilines is 3. The Kier molecular flexibility index (Phi) is 4.84. The van der Waals surface area contributed by atoms with E-state index in [2.05, 4.69) is 39.7 Å². The maximum Gasteiger partial charge on any atom is 0.314 e. The van der Waals surface area contributed by atoms with Crippen molar-refractivity contribution in [3.05, 3.63) is 72.3 Å². The number of aromatic amines is 1. The Morgan fingerprint density at radius 1 is 1.11 bits per heavy atom. The highest BCUT2D eigenvalue weighted by Gasteiger charge is 2.52. The Morgan fingerprint density at radius 3 is 2.49 bits per heavy atom. The molecule has 2 aliphatic rings. The van der Waals surface area contributed by atoms with E-state index in [1.165, 1.54) is 12.8 Å². The number of aromatic nitrogens is 4. The van der Waals surface area contributed by atoms with Crippen molar-refractivity contribution < 1.29 is 14.6 Å². The van der Waals surface area contributed by atoms with Crippen LogP contribution in [-0.2, 0) is 17.3 Å². The fourth-order valence-corrected chi connectivity index (χ4v) is 4.73. The predicted molar refractivity (Wildman–Crippen MR) is 133 cm³/mol. The zero-order valence-electron chi connectivity index (χ0n) is 19.5. The molecule has 2 aliphatic carbocycles. The number of nitrogens with two attached hydrogens (primary N) is 1. The van der Waals surface area contributed by atoms with E-state index in [1.807, 2.05) is 42.3 Å². The van der Waals surface area contributed by atoms with E-state index in [4.69, 9.17) is 10.7 Å². The molecule has 8 nitrogen and oxygen atoms in total. The summed E-state index contributed by atoms with van der Waals surface area (Å²) in [6.07, 6.45) is 9.21. The van der Waals surface area contributed by atoms with Crippen LogP contribution in [0.5, 0.6) is 0 Å². The average molecular weight is 468 g/mol. The summed E-state index contributed by atoms with van der Waals surface area (Å²) in [6.45, 7) is 0. The molecule has 0 radical (unpaired) electrons. The van der Waals surface area contributed by atoms with Gasteiger partial charge >= 0.3 is 11.8 Å². The number of benzene rings is 2. The van der Waals surface area contributed by atoms with Gasteiger partial charge in [-0.25, -0.2) is 15.4 Å². The van der Waals surface area contributed by atoms with Crippen LogP contribution in [0.3, 0.4) is 0 Å². The minimum Gasteiger partial charge on any atom is -0.481 e. The summed E-state index contributed by atoms with van der Waals surface area (Å²) in [5.41, 5.74) is 11.8. The third-order valence-corrected chi connectivity index (χ3v) is 7.14. The third-order valence-electron chi connectivity index (χ3n) is 7.14. The van der Waals surface area contributed by atoms with Gasteiger partial charge in [0.15, 0.2) is 0 Å². The normalized spacial score (nSPS) is 16.1. The lowest BCUT2D eigenvalue weighted by Gasteiger charge is -2.14. The highest BCUT2D eigenvalue weighted by Crippen LogP contribution is 2.51. The number of aliphatic carboxylic acids is 1. The van der Waals surface area contributed by atoms with Gasteiger partial charge in [-0.3, -0.25) is 9.78 Å². The first-order valence-corrected chi connectivity index (χ1v) is 11.9. The number of hydrogen-bond acceptors (Lipinski definition) is 5. The van der Waals surface area contributed by atoms with E-state index >= 15 is 0 Å². The molecule has 2 heterocycles. The summed E-state index contributed by atoms with van der Waals surface area (Å²) >= 11 is 0. The van der Waals surface area contributed by atoms with Gasteiger partial charge in [-0.05, 0) is 54.0 Å². The lowest BCUT2D eigenvalue weighted by molar-refractivity contribution is -0.713. The molecule has 35 heavy (non-hydrogen) atoms. The molecule has 2 aromatic heterocycles. The molecule has 0 spiro atoms. The molecule has 4 aromatic rings. The van der Waals surface area contributed by atoms with Crippen LogP contribution in [0, 0.1) is 0 Å². The number of nitrogens with zero attached hydrogens (tertiary/aromatic N) is 3. The van der Waals surface area contributed by atoms with Crippen LogP contribution in [-0.4, -0.2) is 26.1 Å². The van der Waals surface area contributed by atoms with Gasteiger partial charge in [0.1, 0.15) is 7.05 Å². The lowest BCUT2D eigenvalue weighted by atomic mass is 9.91. The Labute approximate surface area is 202 Å². The second-order valence-electron chi connectivity index (χ2n) is 9.59. The van der Waals surface area contributed by atoms with E-state index in [1.54, 1.807) is 6.20 Å². The first kappa shape index (κ1) is 21.3. The number of hydrogen-bond donors (Lipinski definition) is 4. The van der Waals surface area contributed by atoms with Gasteiger partial charge in [-0.2, -0.15) is 4.68 Å². The van der Waals surface area contributed by atoms with E-state index in [9.17, 15) is 9.90 Å². The summed E-state index contributed by atoms with van der Waals surface area (Å²) in [6, 6.07) is 13.9. The van der Waals surface area contributed by atoms with Crippen molar-refractivity contribution in [1.82, 2.24) is 15.1 Å². The van der Waals surface area contributed by atoms with Crippen molar-refractivity contribution in [2.75, 3.05) is 11.1 Å². The molecule has 0 unspecified atom stereocenters. The molecule has 0 amide bonds. The summed E-state index contributed by atoms with van der Waals surface area (Å²) in [5, 5.41) is 16.3. The Bertz CT molecular complexity index is 1430. The van der Waals surface area contributed by atoms with E-state index < -0.39 is 11.4 Å². The van der Waals surface area contributed by atoms with Crippen LogP contribution < -0.4 is 15.7 Å². The maximum absolute atomic E-state index is 11.7. The standard InChI is InChI=1S/C27H26N6O2/c1-33-25(32-24-15-29-14-23(31-24)18-6-7-18)20(13-30-33)17-4-2-16(3-5-17)19-8-9-21(22(28)12-19)27(10-11-27)26(34)35/h2-5,8-9,12-15,18H,6-7,10-11,28H2,1H3,(H2,30,31,32,34,35)/p+1. The molecule has 0 bridgehead atoms. The number of carboxylic acid groups (broad SMARTS) is 1. The maximum atomic E-state index is 11.7. The van der Waals surface area contributed by atoms with E-state index in [0.29, 0.717) is 24.4 Å². The monoisotopic (exact) mass is 467 g/mol. The molecule has 8 heteroatoms. The molecule has 0 aliphatic heterocycles. The number of nitrogens with one attached hydrogen (secondary N) is 2. The van der Waals surface area contributed by atoms with Gasteiger partial charge in [0.2, 0.25) is 5.82 Å². The van der Waals surface area contributed by atoms with E-state index in [-0.39, 0.29) is 0 Å². The molecule has 6 rings (SSSR count). The number of carbonyl (C=O) groups is 1. The lowest BCUT2D eigenvalue weighted by Crippen LogP contribution is -2.32. The summed E-state index contributed by atoms with van der Waals surface area (Å²) in [7, 11) is 1.95. The molecular weight excluding hydrogens is 440 g/mol. The summed E-state index contributed by atoms with van der Waals surface area (Å²) in [4.78, 5) is 20.8.